The third-order valence-corrected chi connectivity index (χ3v) is 5.87. The van der Waals surface area contributed by atoms with E-state index in [0.717, 1.165) is 37.8 Å². The summed E-state index contributed by atoms with van der Waals surface area (Å²) in [4.78, 5) is 25.7. The summed E-state index contributed by atoms with van der Waals surface area (Å²) in [6.45, 7) is 5.99. The third-order valence-electron chi connectivity index (χ3n) is 5.87. The molecule has 0 aromatic heterocycles. The van der Waals surface area contributed by atoms with Crippen LogP contribution in [0.1, 0.15) is 58.1 Å². The zero-order chi connectivity index (χ0) is 21.7. The van der Waals surface area contributed by atoms with E-state index in [4.69, 9.17) is 14.2 Å². The molecule has 0 radical (unpaired) electrons. The topological polar surface area (TPSA) is 85.3 Å². The third kappa shape index (κ3) is 5.20. The van der Waals surface area contributed by atoms with E-state index in [1.807, 2.05) is 30.3 Å². The fourth-order valence-corrected chi connectivity index (χ4v) is 4.62. The Bertz CT molecular complexity index is 711. The van der Waals surface area contributed by atoms with E-state index in [1.54, 1.807) is 0 Å². The Morgan fingerprint density at radius 2 is 1.80 bits per heavy atom. The summed E-state index contributed by atoms with van der Waals surface area (Å²) >= 11 is 0. The number of ether oxygens (including phenoxy) is 3. The summed E-state index contributed by atoms with van der Waals surface area (Å²) in [6, 6.07) is 9.22. The summed E-state index contributed by atoms with van der Waals surface area (Å²) in [5, 5.41) is 11.2. The summed E-state index contributed by atoms with van der Waals surface area (Å²) in [5.41, 5.74) is 0.871. The lowest BCUT2D eigenvalue weighted by molar-refractivity contribution is -0.193. The van der Waals surface area contributed by atoms with E-state index >= 15 is 0 Å². The van der Waals surface area contributed by atoms with Crippen LogP contribution in [-0.2, 0) is 23.8 Å². The summed E-state index contributed by atoms with van der Waals surface area (Å²) < 4.78 is 17.4. The number of unbranched alkanes of at least 4 members (excludes halogenated alkanes) is 3. The van der Waals surface area contributed by atoms with Crippen LogP contribution >= 0.6 is 0 Å². The van der Waals surface area contributed by atoms with E-state index in [2.05, 4.69) is 11.8 Å². The Hall–Kier alpha value is -1.96. The maximum atomic E-state index is 11.8. The van der Waals surface area contributed by atoms with E-state index in [1.165, 1.54) is 13.8 Å². The Labute approximate surface area is 178 Å². The molecule has 2 heterocycles. The van der Waals surface area contributed by atoms with Crippen LogP contribution in [0.4, 0.5) is 0 Å². The zero-order valence-corrected chi connectivity index (χ0v) is 18.0. The van der Waals surface area contributed by atoms with Gasteiger partial charge in [0.05, 0.1) is 6.04 Å². The van der Waals surface area contributed by atoms with Crippen LogP contribution in [0.2, 0.25) is 0 Å². The minimum atomic E-state index is -0.778. The molecule has 0 amide bonds. The van der Waals surface area contributed by atoms with Gasteiger partial charge in [-0.05, 0) is 18.5 Å². The standard InChI is InChI=1S/C23H33NO6/c1-4-5-6-10-13-24-14-18(28-15(2)25)22(29-16(3)26)23-19(24)20(27)21(30-23)17-11-8-7-9-12-17/h7-9,11-12,18-23,27H,4-6,10,13-14H2,1-3H3/t18-,19+,20?,21?,22+,23+/m0/s1. The average molecular weight is 420 g/mol. The number of piperidine rings is 1. The van der Waals surface area contributed by atoms with Gasteiger partial charge in [-0.15, -0.1) is 0 Å². The number of aliphatic hydroxyl groups excluding tert-OH is 1. The number of benzene rings is 1. The molecule has 0 aliphatic carbocycles. The first-order valence-corrected chi connectivity index (χ1v) is 10.9. The summed E-state index contributed by atoms with van der Waals surface area (Å²) in [6.07, 6.45) is 1.06. The highest BCUT2D eigenvalue weighted by Crippen LogP contribution is 2.41. The molecule has 30 heavy (non-hydrogen) atoms. The summed E-state index contributed by atoms with van der Waals surface area (Å²) in [7, 11) is 0. The van der Waals surface area contributed by atoms with Gasteiger partial charge in [0.1, 0.15) is 18.3 Å². The first-order valence-electron chi connectivity index (χ1n) is 10.9. The van der Waals surface area contributed by atoms with Crippen LogP contribution in [0.15, 0.2) is 30.3 Å². The van der Waals surface area contributed by atoms with Crippen molar-refractivity contribution in [2.24, 2.45) is 0 Å². The molecule has 0 spiro atoms. The molecular formula is C23H33NO6. The van der Waals surface area contributed by atoms with Crippen LogP contribution in [0.25, 0.3) is 0 Å². The van der Waals surface area contributed by atoms with Crippen LogP contribution in [0, 0.1) is 0 Å². The van der Waals surface area contributed by atoms with Crippen LogP contribution in [0.5, 0.6) is 0 Å². The lowest BCUT2D eigenvalue weighted by Crippen LogP contribution is -2.64. The monoisotopic (exact) mass is 419 g/mol. The molecule has 1 N–H and O–H groups in total. The van der Waals surface area contributed by atoms with Gasteiger partial charge in [-0.3, -0.25) is 14.5 Å². The number of nitrogens with zero attached hydrogens (tertiary/aromatic N) is 1. The Morgan fingerprint density at radius 1 is 1.10 bits per heavy atom. The molecule has 0 bridgehead atoms. The number of esters is 2. The van der Waals surface area contributed by atoms with Gasteiger partial charge in [0.15, 0.2) is 12.2 Å². The maximum Gasteiger partial charge on any atom is 0.303 e. The number of rotatable bonds is 8. The Kier molecular flexibility index (Phi) is 7.86. The molecule has 2 aliphatic rings. The number of carbonyl (C=O) groups is 2. The second-order valence-electron chi connectivity index (χ2n) is 8.19. The highest BCUT2D eigenvalue weighted by atomic mass is 16.6. The molecule has 166 valence electrons. The van der Waals surface area contributed by atoms with Crippen LogP contribution in [-0.4, -0.2) is 65.5 Å². The highest BCUT2D eigenvalue weighted by Gasteiger charge is 2.57. The van der Waals surface area contributed by atoms with Crippen molar-refractivity contribution in [1.29, 1.82) is 0 Å². The molecule has 7 nitrogen and oxygen atoms in total. The van der Waals surface area contributed by atoms with Crippen molar-refractivity contribution < 1.29 is 28.9 Å². The molecule has 2 aliphatic heterocycles. The first-order chi connectivity index (χ1) is 14.4. The largest absolute Gasteiger partial charge is 0.457 e. The van der Waals surface area contributed by atoms with Gasteiger partial charge in [-0.2, -0.15) is 0 Å². The first kappa shape index (κ1) is 22.7. The molecular weight excluding hydrogens is 386 g/mol. The predicted octanol–water partition coefficient (Wildman–Crippen LogP) is 2.62. The van der Waals surface area contributed by atoms with Gasteiger partial charge in [0.2, 0.25) is 0 Å². The average Bonchev–Trinajstić information content (AvgIpc) is 3.05. The molecule has 0 saturated carbocycles. The van der Waals surface area contributed by atoms with Crippen molar-refractivity contribution in [1.82, 2.24) is 4.90 Å². The molecule has 2 fully saturated rings. The van der Waals surface area contributed by atoms with Gasteiger partial charge >= 0.3 is 11.9 Å². The fourth-order valence-electron chi connectivity index (χ4n) is 4.62. The molecule has 2 saturated heterocycles. The fraction of sp³-hybridized carbons (Fsp3) is 0.652. The minimum absolute atomic E-state index is 0.340. The highest BCUT2D eigenvalue weighted by molar-refractivity contribution is 5.67. The molecule has 6 atom stereocenters. The zero-order valence-electron chi connectivity index (χ0n) is 18.0. The van der Waals surface area contributed by atoms with E-state index in [9.17, 15) is 14.7 Å². The second kappa shape index (κ2) is 10.4. The molecule has 2 unspecified atom stereocenters. The number of hydrogen-bond acceptors (Lipinski definition) is 7. The van der Waals surface area contributed by atoms with Crippen LogP contribution < -0.4 is 0 Å². The van der Waals surface area contributed by atoms with Crippen molar-refractivity contribution in [2.45, 2.75) is 83.0 Å². The van der Waals surface area contributed by atoms with Crippen LogP contribution in [0.3, 0.4) is 0 Å². The number of aliphatic hydroxyl groups is 1. The van der Waals surface area contributed by atoms with Crippen molar-refractivity contribution in [3.05, 3.63) is 35.9 Å². The number of carbonyl (C=O) groups excluding carboxylic acids is 2. The number of hydrogen-bond donors (Lipinski definition) is 1. The van der Waals surface area contributed by atoms with Gasteiger partial charge in [-0.25, -0.2) is 0 Å². The van der Waals surface area contributed by atoms with E-state index in [0.29, 0.717) is 6.54 Å². The lowest BCUT2D eigenvalue weighted by Gasteiger charge is -2.45. The predicted molar refractivity (Wildman–Crippen MR) is 111 cm³/mol. The second-order valence-corrected chi connectivity index (χ2v) is 8.19. The molecule has 7 heteroatoms. The lowest BCUT2D eigenvalue weighted by atomic mass is 9.89. The maximum absolute atomic E-state index is 11.8. The SMILES string of the molecule is CCCCCCN1C[C@H](OC(C)=O)[C@@H](OC(C)=O)[C@@H]2OC(c3ccccc3)C(O)[C@H]21. The minimum Gasteiger partial charge on any atom is -0.457 e. The number of fused-ring (bicyclic) bond motifs is 1. The van der Waals surface area contributed by atoms with E-state index < -0.39 is 42.5 Å². The molecule has 1 aromatic carbocycles. The van der Waals surface area contributed by atoms with Gasteiger partial charge in [0.25, 0.3) is 0 Å². The van der Waals surface area contributed by atoms with Crippen molar-refractivity contribution >= 4 is 11.9 Å². The quantitative estimate of drug-likeness (QED) is 0.512. The molecule has 1 aromatic rings. The van der Waals surface area contributed by atoms with Gasteiger partial charge in [0, 0.05) is 20.4 Å². The Balaban J connectivity index is 1.88. The van der Waals surface area contributed by atoms with Crippen molar-refractivity contribution in [2.75, 3.05) is 13.1 Å². The smallest absolute Gasteiger partial charge is 0.303 e. The van der Waals surface area contributed by atoms with Gasteiger partial charge < -0.3 is 19.3 Å². The van der Waals surface area contributed by atoms with Crippen molar-refractivity contribution in [3.63, 3.8) is 0 Å². The number of likely N-dealkylation sites (tertiary alicyclic amines) is 1. The Morgan fingerprint density at radius 3 is 2.43 bits per heavy atom. The summed E-state index contributed by atoms with van der Waals surface area (Å²) in [5.74, 6) is -0.895. The van der Waals surface area contributed by atoms with E-state index in [-0.39, 0.29) is 6.04 Å². The van der Waals surface area contributed by atoms with Crippen molar-refractivity contribution in [3.8, 4) is 0 Å². The molecule has 3 rings (SSSR count). The normalized spacial score (nSPS) is 31.2. The van der Waals surface area contributed by atoms with Gasteiger partial charge in [-0.1, -0.05) is 56.5 Å².